The number of fused-ring (bicyclic) bond motifs is 1. The van der Waals surface area contributed by atoms with Gasteiger partial charge in [-0.1, -0.05) is 0 Å². The molecule has 1 aromatic heterocycles. The molecule has 1 saturated heterocycles. The first-order valence-electron chi connectivity index (χ1n) is 10.4. The van der Waals surface area contributed by atoms with E-state index in [0.29, 0.717) is 30.1 Å². The summed E-state index contributed by atoms with van der Waals surface area (Å²) in [6.07, 6.45) is 2.04. The van der Waals surface area contributed by atoms with Gasteiger partial charge < -0.3 is 25.6 Å². The zero-order valence-corrected chi connectivity index (χ0v) is 18.1. The van der Waals surface area contributed by atoms with Crippen LogP contribution in [-0.2, 0) is 4.79 Å². The number of likely N-dealkylation sites (tertiary alicyclic amines) is 1. The van der Waals surface area contributed by atoms with Gasteiger partial charge in [-0.15, -0.1) is 0 Å². The minimum atomic E-state index is -1.14. The summed E-state index contributed by atoms with van der Waals surface area (Å²) in [6.45, 7) is 2.14. The summed E-state index contributed by atoms with van der Waals surface area (Å²) in [5.41, 5.74) is -0.552. The van der Waals surface area contributed by atoms with Crippen LogP contribution in [0.4, 0.5) is 25.1 Å². The summed E-state index contributed by atoms with van der Waals surface area (Å²) in [4.78, 5) is 42.5. The van der Waals surface area contributed by atoms with Gasteiger partial charge in [0.05, 0.1) is 30.5 Å². The van der Waals surface area contributed by atoms with E-state index in [4.69, 9.17) is 4.74 Å². The van der Waals surface area contributed by atoms with Crippen LogP contribution in [0.25, 0.3) is 0 Å². The molecule has 4 rings (SSSR count). The molecule has 0 radical (unpaired) electrons. The molecule has 2 aliphatic heterocycles. The molecule has 0 spiro atoms. The van der Waals surface area contributed by atoms with Gasteiger partial charge in [0.1, 0.15) is 17.4 Å². The van der Waals surface area contributed by atoms with Crippen molar-refractivity contribution in [2.45, 2.75) is 25.3 Å². The molecule has 11 heteroatoms. The van der Waals surface area contributed by atoms with Gasteiger partial charge >= 0.3 is 6.03 Å². The lowest BCUT2D eigenvalue weighted by Gasteiger charge is -2.19. The van der Waals surface area contributed by atoms with Crippen LogP contribution in [0.2, 0.25) is 0 Å². The van der Waals surface area contributed by atoms with Crippen molar-refractivity contribution in [1.29, 1.82) is 0 Å². The molecule has 3 N–H and O–H groups in total. The number of urea groups is 1. The SMILES string of the molecule is COc1cnc2c(c1)C(C(=O)c1c(F)ccc(NC(=O)N3CCC(NC(C)=O)C3)c1F)CN2. The van der Waals surface area contributed by atoms with Crippen LogP contribution >= 0.6 is 0 Å². The molecule has 1 aromatic carbocycles. The molecule has 3 heterocycles. The predicted molar refractivity (Wildman–Crippen MR) is 116 cm³/mol. The molecule has 0 saturated carbocycles. The highest BCUT2D eigenvalue weighted by atomic mass is 19.1. The fourth-order valence-electron chi connectivity index (χ4n) is 4.12. The molecule has 0 bridgehead atoms. The number of ether oxygens (including phenoxy) is 1. The second-order valence-electron chi connectivity index (χ2n) is 7.96. The predicted octanol–water partition coefficient (Wildman–Crippen LogP) is 2.50. The maximum atomic E-state index is 15.2. The minimum Gasteiger partial charge on any atom is -0.495 e. The Kier molecular flexibility index (Phi) is 6.12. The number of methoxy groups -OCH3 is 1. The van der Waals surface area contributed by atoms with E-state index in [2.05, 4.69) is 20.9 Å². The highest BCUT2D eigenvalue weighted by Crippen LogP contribution is 2.36. The number of benzene rings is 1. The summed E-state index contributed by atoms with van der Waals surface area (Å²) in [7, 11) is 1.45. The van der Waals surface area contributed by atoms with Gasteiger partial charge in [0.2, 0.25) is 5.91 Å². The lowest BCUT2D eigenvalue weighted by Crippen LogP contribution is -2.39. The van der Waals surface area contributed by atoms with Crippen molar-refractivity contribution in [2.24, 2.45) is 0 Å². The molecular weight excluding hydrogens is 436 g/mol. The van der Waals surface area contributed by atoms with E-state index in [1.807, 2.05) is 0 Å². The minimum absolute atomic E-state index is 0.127. The Bertz CT molecular complexity index is 1130. The maximum Gasteiger partial charge on any atom is 0.321 e. The van der Waals surface area contributed by atoms with E-state index in [1.54, 1.807) is 6.07 Å². The van der Waals surface area contributed by atoms with Crippen LogP contribution < -0.4 is 20.7 Å². The van der Waals surface area contributed by atoms with Crippen LogP contribution in [-0.4, -0.2) is 60.4 Å². The molecule has 9 nitrogen and oxygen atoms in total. The van der Waals surface area contributed by atoms with Gasteiger partial charge in [-0.25, -0.2) is 18.6 Å². The third-order valence-electron chi connectivity index (χ3n) is 5.76. The normalized spacial score (nSPS) is 19.0. The Morgan fingerprint density at radius 2 is 2.06 bits per heavy atom. The Morgan fingerprint density at radius 3 is 2.79 bits per heavy atom. The molecule has 2 aromatic rings. The molecule has 174 valence electrons. The number of aromatic nitrogens is 1. The fraction of sp³-hybridized carbons (Fsp3) is 0.364. The number of nitrogens with one attached hydrogen (secondary N) is 3. The van der Waals surface area contributed by atoms with Crippen LogP contribution in [0.5, 0.6) is 5.75 Å². The van der Waals surface area contributed by atoms with E-state index in [9.17, 15) is 18.8 Å². The molecule has 2 aliphatic rings. The van der Waals surface area contributed by atoms with E-state index < -0.39 is 34.9 Å². The van der Waals surface area contributed by atoms with Crippen molar-refractivity contribution in [2.75, 3.05) is 37.4 Å². The Hall–Kier alpha value is -3.76. The summed E-state index contributed by atoms with van der Waals surface area (Å²) in [6, 6.07) is 2.83. The number of nitrogens with zero attached hydrogens (tertiary/aromatic N) is 2. The number of hydrogen-bond acceptors (Lipinski definition) is 6. The van der Waals surface area contributed by atoms with Crippen molar-refractivity contribution < 1.29 is 27.9 Å². The Labute approximate surface area is 188 Å². The van der Waals surface area contributed by atoms with Crippen molar-refractivity contribution >= 4 is 29.2 Å². The number of ketones is 1. The van der Waals surface area contributed by atoms with Crippen molar-refractivity contribution in [3.63, 3.8) is 0 Å². The summed E-state index contributed by atoms with van der Waals surface area (Å²) in [5, 5.41) is 8.09. The van der Waals surface area contributed by atoms with Crippen LogP contribution in [0.15, 0.2) is 24.4 Å². The van der Waals surface area contributed by atoms with Crippen LogP contribution in [0.3, 0.4) is 0 Å². The zero-order chi connectivity index (χ0) is 23.7. The average Bonchev–Trinajstić information content (AvgIpc) is 3.41. The van der Waals surface area contributed by atoms with Crippen LogP contribution in [0, 0.1) is 11.6 Å². The molecular formula is C22H23F2N5O4. The number of amides is 3. The third kappa shape index (κ3) is 4.43. The maximum absolute atomic E-state index is 15.2. The van der Waals surface area contributed by atoms with E-state index in [1.165, 1.54) is 25.1 Å². The quantitative estimate of drug-likeness (QED) is 0.593. The topological polar surface area (TPSA) is 113 Å². The second kappa shape index (κ2) is 9.00. The first kappa shape index (κ1) is 22.4. The lowest BCUT2D eigenvalue weighted by molar-refractivity contribution is -0.119. The van der Waals surface area contributed by atoms with E-state index >= 15 is 4.39 Å². The highest BCUT2D eigenvalue weighted by molar-refractivity contribution is 6.04. The number of hydrogen-bond donors (Lipinski definition) is 3. The lowest BCUT2D eigenvalue weighted by atomic mass is 9.92. The first-order valence-corrected chi connectivity index (χ1v) is 10.4. The third-order valence-corrected chi connectivity index (χ3v) is 5.76. The summed E-state index contributed by atoms with van der Waals surface area (Å²) in [5.74, 6) is -3.14. The Morgan fingerprint density at radius 1 is 1.27 bits per heavy atom. The monoisotopic (exact) mass is 459 g/mol. The number of halogens is 2. The van der Waals surface area contributed by atoms with E-state index in [0.717, 1.165) is 12.1 Å². The molecule has 1 fully saturated rings. The van der Waals surface area contributed by atoms with E-state index in [-0.39, 0.29) is 30.7 Å². The Balaban J connectivity index is 1.54. The summed E-state index contributed by atoms with van der Waals surface area (Å²) >= 11 is 0. The van der Waals surface area contributed by atoms with Crippen molar-refractivity contribution in [3.8, 4) is 5.75 Å². The van der Waals surface area contributed by atoms with Gasteiger partial charge in [-0.05, 0) is 24.6 Å². The molecule has 2 atom stereocenters. The number of carbonyl (C=O) groups is 3. The van der Waals surface area contributed by atoms with Gasteiger partial charge in [-0.3, -0.25) is 9.59 Å². The van der Waals surface area contributed by atoms with Crippen molar-refractivity contribution in [3.05, 3.63) is 47.2 Å². The average molecular weight is 459 g/mol. The number of Topliss-reactive ketones (excluding diaryl/α,β-unsaturated/α-hetero) is 1. The van der Waals surface area contributed by atoms with Crippen LogP contribution in [0.1, 0.15) is 35.2 Å². The summed E-state index contributed by atoms with van der Waals surface area (Å²) < 4.78 is 35.0. The second-order valence-corrected chi connectivity index (χ2v) is 7.96. The molecule has 0 aliphatic carbocycles. The molecule has 33 heavy (non-hydrogen) atoms. The van der Waals surface area contributed by atoms with Gasteiger partial charge in [-0.2, -0.15) is 0 Å². The number of anilines is 2. The van der Waals surface area contributed by atoms with Gasteiger partial charge in [0.15, 0.2) is 11.6 Å². The standard InChI is InChI=1S/C22H23F2N5O4/c1-11(30)27-12-5-6-29(10-12)22(32)28-17-4-3-16(23)18(19(17)24)20(31)15-9-26-21-14(15)7-13(33-2)8-25-21/h3-4,7-8,12,15H,5-6,9-10H2,1-2H3,(H,25,26)(H,27,30)(H,28,32). The number of pyridine rings is 1. The number of rotatable bonds is 5. The fourth-order valence-corrected chi connectivity index (χ4v) is 4.12. The largest absolute Gasteiger partial charge is 0.495 e. The van der Waals surface area contributed by atoms with Gasteiger partial charge in [0, 0.05) is 38.2 Å². The van der Waals surface area contributed by atoms with Crippen molar-refractivity contribution in [1.82, 2.24) is 15.2 Å². The molecule has 3 amide bonds. The molecule has 2 unspecified atom stereocenters. The number of carbonyl (C=O) groups excluding carboxylic acids is 3. The van der Waals surface area contributed by atoms with Gasteiger partial charge in [0.25, 0.3) is 0 Å². The smallest absolute Gasteiger partial charge is 0.321 e. The highest BCUT2D eigenvalue weighted by Gasteiger charge is 2.35. The zero-order valence-electron chi connectivity index (χ0n) is 18.1. The first-order chi connectivity index (χ1) is 15.8.